The summed E-state index contributed by atoms with van der Waals surface area (Å²) in [4.78, 5) is 33.5. The number of ether oxygens (including phenoxy) is 3. The Morgan fingerprint density at radius 1 is 1.37 bits per heavy atom. The summed E-state index contributed by atoms with van der Waals surface area (Å²) < 4.78 is 15.2. The van der Waals surface area contributed by atoms with Gasteiger partial charge in [-0.2, -0.15) is 0 Å². The zero-order valence-electron chi connectivity index (χ0n) is 11.3. The Labute approximate surface area is 111 Å². The number of rotatable bonds is 5. The molecule has 0 fully saturated rings. The van der Waals surface area contributed by atoms with Crippen molar-refractivity contribution in [2.45, 2.75) is 39.6 Å². The largest absolute Gasteiger partial charge is 0.425 e. The normalized spacial score (nSPS) is 20.2. The first kappa shape index (κ1) is 15.4. The number of carbonyl (C=O) groups is 3. The van der Waals surface area contributed by atoms with Crippen LogP contribution in [0.15, 0.2) is 12.2 Å². The van der Waals surface area contributed by atoms with Gasteiger partial charge in [0, 0.05) is 19.8 Å². The Morgan fingerprint density at radius 2 is 1.95 bits per heavy atom. The number of ketones is 1. The molecule has 106 valence electrons. The van der Waals surface area contributed by atoms with Crippen molar-refractivity contribution < 1.29 is 28.6 Å². The molecule has 0 bridgehead atoms. The molecule has 1 rings (SSSR count). The van der Waals surface area contributed by atoms with Gasteiger partial charge in [0.25, 0.3) is 0 Å². The van der Waals surface area contributed by atoms with Gasteiger partial charge >= 0.3 is 11.9 Å². The summed E-state index contributed by atoms with van der Waals surface area (Å²) in [5, 5.41) is 0. The van der Waals surface area contributed by atoms with Crippen molar-refractivity contribution in [2.24, 2.45) is 5.92 Å². The second-order valence-corrected chi connectivity index (χ2v) is 4.43. The quantitative estimate of drug-likeness (QED) is 0.547. The summed E-state index contributed by atoms with van der Waals surface area (Å²) in [5.74, 6) is -1.57. The number of carbonyl (C=O) groups excluding carboxylic acids is 3. The third-order valence-electron chi connectivity index (χ3n) is 2.61. The Morgan fingerprint density at radius 3 is 2.42 bits per heavy atom. The van der Waals surface area contributed by atoms with E-state index in [4.69, 9.17) is 14.2 Å². The van der Waals surface area contributed by atoms with Gasteiger partial charge in [-0.1, -0.05) is 13.0 Å². The molecular formula is C13H18O6. The lowest BCUT2D eigenvalue weighted by molar-refractivity contribution is -0.195. The highest BCUT2D eigenvalue weighted by atomic mass is 16.7. The van der Waals surface area contributed by atoms with Crippen molar-refractivity contribution >= 4 is 17.7 Å². The summed E-state index contributed by atoms with van der Waals surface area (Å²) in [5.41, 5.74) is 0. The van der Waals surface area contributed by atoms with Gasteiger partial charge in [-0.15, -0.1) is 0 Å². The topological polar surface area (TPSA) is 78.9 Å². The number of esters is 2. The summed E-state index contributed by atoms with van der Waals surface area (Å²) in [6.07, 6.45) is 1.83. The lowest BCUT2D eigenvalue weighted by Gasteiger charge is -2.26. The van der Waals surface area contributed by atoms with Gasteiger partial charge in [-0.3, -0.25) is 14.4 Å². The van der Waals surface area contributed by atoms with Crippen LogP contribution >= 0.6 is 0 Å². The van der Waals surface area contributed by atoms with E-state index in [0.717, 1.165) is 0 Å². The Balaban J connectivity index is 2.62. The summed E-state index contributed by atoms with van der Waals surface area (Å²) >= 11 is 0. The van der Waals surface area contributed by atoms with Crippen LogP contribution in [0.3, 0.4) is 0 Å². The fraction of sp³-hybridized carbons (Fsp3) is 0.615. The van der Waals surface area contributed by atoms with Gasteiger partial charge in [-0.25, -0.2) is 0 Å². The molecule has 1 aliphatic heterocycles. The molecule has 0 saturated heterocycles. The van der Waals surface area contributed by atoms with Crippen LogP contribution in [0.1, 0.15) is 27.2 Å². The van der Waals surface area contributed by atoms with Crippen LogP contribution in [0, 0.1) is 5.92 Å². The molecule has 0 aromatic heterocycles. The van der Waals surface area contributed by atoms with Gasteiger partial charge in [0.05, 0.1) is 6.61 Å². The molecule has 0 amide bonds. The van der Waals surface area contributed by atoms with E-state index >= 15 is 0 Å². The van der Waals surface area contributed by atoms with Crippen LogP contribution < -0.4 is 0 Å². The highest BCUT2D eigenvalue weighted by Crippen LogP contribution is 2.20. The van der Waals surface area contributed by atoms with E-state index in [9.17, 15) is 14.4 Å². The maximum Gasteiger partial charge on any atom is 0.305 e. The van der Waals surface area contributed by atoms with Crippen molar-refractivity contribution in [1.82, 2.24) is 0 Å². The van der Waals surface area contributed by atoms with Crippen LogP contribution in [0.5, 0.6) is 0 Å². The molecule has 19 heavy (non-hydrogen) atoms. The maximum atomic E-state index is 11.6. The van der Waals surface area contributed by atoms with Crippen molar-refractivity contribution in [2.75, 3.05) is 6.61 Å². The molecule has 1 unspecified atom stereocenters. The third kappa shape index (κ3) is 5.21. The Bertz CT molecular complexity index is 371. The summed E-state index contributed by atoms with van der Waals surface area (Å²) in [6, 6.07) is 0. The molecule has 0 aromatic rings. The van der Waals surface area contributed by atoms with E-state index in [2.05, 4.69) is 0 Å². The predicted octanol–water partition coefficient (Wildman–Crippen LogP) is 0.989. The average molecular weight is 270 g/mol. The minimum atomic E-state index is -1.00. The number of hydrogen-bond donors (Lipinski definition) is 0. The predicted molar refractivity (Wildman–Crippen MR) is 65.0 cm³/mol. The molecular weight excluding hydrogens is 252 g/mol. The second kappa shape index (κ2) is 7.04. The monoisotopic (exact) mass is 270 g/mol. The molecule has 6 nitrogen and oxygen atoms in total. The highest BCUT2D eigenvalue weighted by Gasteiger charge is 2.29. The molecule has 1 heterocycles. The van der Waals surface area contributed by atoms with Gasteiger partial charge in [0.15, 0.2) is 5.78 Å². The fourth-order valence-corrected chi connectivity index (χ4v) is 1.74. The van der Waals surface area contributed by atoms with Gasteiger partial charge in [0.1, 0.15) is 6.10 Å². The lowest BCUT2D eigenvalue weighted by Crippen LogP contribution is -2.35. The van der Waals surface area contributed by atoms with Crippen LogP contribution in [-0.4, -0.2) is 36.7 Å². The van der Waals surface area contributed by atoms with Crippen LogP contribution in [0.4, 0.5) is 0 Å². The second-order valence-electron chi connectivity index (χ2n) is 4.43. The standard InChI is InChI=1S/C13H18O6/c1-8(7-12-11(16)5-4-6-17-12)13(18-9(2)14)19-10(3)15/h4-5,8,12-13H,6-7H2,1-3H3/t8?,12-/m1/s1. The van der Waals surface area contributed by atoms with Crippen molar-refractivity contribution in [1.29, 1.82) is 0 Å². The average Bonchev–Trinajstić information content (AvgIpc) is 2.30. The Kier molecular flexibility index (Phi) is 5.69. The van der Waals surface area contributed by atoms with E-state index in [1.807, 2.05) is 0 Å². The molecule has 2 atom stereocenters. The molecule has 6 heteroatoms. The molecule has 0 aliphatic carbocycles. The minimum Gasteiger partial charge on any atom is -0.425 e. The van der Waals surface area contributed by atoms with E-state index in [0.29, 0.717) is 13.0 Å². The van der Waals surface area contributed by atoms with E-state index in [1.165, 1.54) is 19.9 Å². The molecule has 1 aliphatic rings. The van der Waals surface area contributed by atoms with Gasteiger partial charge in [-0.05, 0) is 12.5 Å². The molecule has 0 spiro atoms. The maximum absolute atomic E-state index is 11.6. The van der Waals surface area contributed by atoms with Crippen molar-refractivity contribution in [3.05, 3.63) is 12.2 Å². The zero-order chi connectivity index (χ0) is 14.4. The minimum absolute atomic E-state index is 0.137. The lowest BCUT2D eigenvalue weighted by atomic mass is 9.99. The van der Waals surface area contributed by atoms with Crippen LogP contribution in [0.2, 0.25) is 0 Å². The van der Waals surface area contributed by atoms with E-state index in [1.54, 1.807) is 13.0 Å². The summed E-state index contributed by atoms with van der Waals surface area (Å²) in [7, 11) is 0. The third-order valence-corrected chi connectivity index (χ3v) is 2.61. The SMILES string of the molecule is CC(=O)OC(OC(C)=O)C(C)C[C@H]1OCC=CC1=O. The molecule has 0 radical (unpaired) electrons. The zero-order valence-corrected chi connectivity index (χ0v) is 11.3. The van der Waals surface area contributed by atoms with Crippen LogP contribution in [0.25, 0.3) is 0 Å². The van der Waals surface area contributed by atoms with Gasteiger partial charge in [0.2, 0.25) is 6.29 Å². The highest BCUT2D eigenvalue weighted by molar-refractivity contribution is 5.94. The van der Waals surface area contributed by atoms with E-state index in [-0.39, 0.29) is 11.7 Å². The van der Waals surface area contributed by atoms with Crippen molar-refractivity contribution in [3.63, 3.8) is 0 Å². The first-order valence-corrected chi connectivity index (χ1v) is 6.06. The smallest absolute Gasteiger partial charge is 0.305 e. The van der Waals surface area contributed by atoms with Crippen molar-refractivity contribution in [3.8, 4) is 0 Å². The van der Waals surface area contributed by atoms with E-state index < -0.39 is 24.3 Å². The molecule has 0 saturated carbocycles. The first-order chi connectivity index (χ1) is 8.90. The first-order valence-electron chi connectivity index (χ1n) is 6.06. The molecule has 0 aromatic carbocycles. The number of hydrogen-bond acceptors (Lipinski definition) is 6. The van der Waals surface area contributed by atoms with Crippen LogP contribution in [-0.2, 0) is 28.6 Å². The molecule has 0 N–H and O–H groups in total. The summed E-state index contributed by atoms with van der Waals surface area (Å²) in [6.45, 7) is 4.56. The fourth-order valence-electron chi connectivity index (χ4n) is 1.74. The van der Waals surface area contributed by atoms with Gasteiger partial charge < -0.3 is 14.2 Å². The Hall–Kier alpha value is -1.69.